The van der Waals surface area contributed by atoms with Crippen LogP contribution in [0.5, 0.6) is 5.75 Å². The lowest BCUT2D eigenvalue weighted by Gasteiger charge is -2.37. The first-order valence-electron chi connectivity index (χ1n) is 9.41. The second kappa shape index (κ2) is 7.70. The number of aromatic nitrogens is 2. The van der Waals surface area contributed by atoms with Gasteiger partial charge in [0.05, 0.1) is 20.3 Å². The molecule has 2 fully saturated rings. The summed E-state index contributed by atoms with van der Waals surface area (Å²) in [4.78, 5) is 11.6. The Kier molecular flexibility index (Phi) is 5.13. The van der Waals surface area contributed by atoms with Gasteiger partial charge in [0.25, 0.3) is 0 Å². The highest BCUT2D eigenvalue weighted by molar-refractivity contribution is 5.44. The number of hydrogen-bond donors (Lipinski definition) is 1. The molecule has 0 saturated carbocycles. The SMILES string of the molecule is COc1ccc(CNc2cc(C)nc(N3CCC4(CC3)OCCO4)n2)cc1. The fraction of sp³-hybridized carbons (Fsp3) is 0.500. The van der Waals surface area contributed by atoms with Gasteiger partial charge < -0.3 is 24.4 Å². The molecule has 2 aliphatic rings. The van der Waals surface area contributed by atoms with Gasteiger partial charge in [-0.15, -0.1) is 0 Å². The van der Waals surface area contributed by atoms with Crippen LogP contribution < -0.4 is 15.0 Å². The lowest BCUT2D eigenvalue weighted by Crippen LogP contribution is -2.45. The van der Waals surface area contributed by atoms with Gasteiger partial charge in [-0.25, -0.2) is 4.98 Å². The van der Waals surface area contributed by atoms with Gasteiger partial charge in [0.1, 0.15) is 11.6 Å². The summed E-state index contributed by atoms with van der Waals surface area (Å²) in [6, 6.07) is 10.00. The summed E-state index contributed by atoms with van der Waals surface area (Å²) in [5, 5.41) is 3.40. The van der Waals surface area contributed by atoms with E-state index in [1.807, 2.05) is 37.3 Å². The van der Waals surface area contributed by atoms with Gasteiger partial charge in [0.2, 0.25) is 5.95 Å². The van der Waals surface area contributed by atoms with Crippen molar-refractivity contribution in [2.45, 2.75) is 32.1 Å². The molecular formula is C20H26N4O3. The Hall–Kier alpha value is -2.38. The molecular weight excluding hydrogens is 344 g/mol. The predicted molar refractivity (Wildman–Crippen MR) is 103 cm³/mol. The molecule has 1 N–H and O–H groups in total. The maximum atomic E-state index is 5.81. The van der Waals surface area contributed by atoms with Gasteiger partial charge in [-0.3, -0.25) is 0 Å². The topological polar surface area (TPSA) is 68.7 Å². The number of nitrogens with one attached hydrogen (secondary N) is 1. The molecule has 0 bridgehead atoms. The van der Waals surface area contributed by atoms with Crippen LogP contribution in [0.1, 0.15) is 24.1 Å². The molecule has 7 heteroatoms. The van der Waals surface area contributed by atoms with Crippen LogP contribution in [0.15, 0.2) is 30.3 Å². The average Bonchev–Trinajstić information content (AvgIpc) is 3.15. The van der Waals surface area contributed by atoms with E-state index >= 15 is 0 Å². The number of methoxy groups -OCH3 is 1. The van der Waals surface area contributed by atoms with Crippen LogP contribution in [-0.2, 0) is 16.0 Å². The minimum atomic E-state index is -0.379. The zero-order valence-electron chi connectivity index (χ0n) is 15.9. The molecule has 27 heavy (non-hydrogen) atoms. The number of rotatable bonds is 5. The summed E-state index contributed by atoms with van der Waals surface area (Å²) < 4.78 is 16.8. The maximum Gasteiger partial charge on any atom is 0.227 e. The van der Waals surface area contributed by atoms with Crippen LogP contribution in [-0.4, -0.2) is 49.2 Å². The number of benzene rings is 1. The van der Waals surface area contributed by atoms with Crippen molar-refractivity contribution in [3.05, 3.63) is 41.6 Å². The standard InChI is InChI=1S/C20H26N4O3/c1-15-13-18(21-14-16-3-5-17(25-2)6-4-16)23-19(22-15)24-9-7-20(8-10-24)26-11-12-27-20/h3-6,13H,7-12,14H2,1-2H3,(H,21,22,23). The Morgan fingerprint density at radius 1 is 1.11 bits per heavy atom. The van der Waals surface area contributed by atoms with Crippen molar-refractivity contribution in [1.29, 1.82) is 0 Å². The van der Waals surface area contributed by atoms with E-state index in [1.54, 1.807) is 7.11 Å². The summed E-state index contributed by atoms with van der Waals surface area (Å²) in [6.45, 7) is 5.76. The van der Waals surface area contributed by atoms with Crippen molar-refractivity contribution in [3.63, 3.8) is 0 Å². The van der Waals surface area contributed by atoms with E-state index in [1.165, 1.54) is 5.56 Å². The largest absolute Gasteiger partial charge is 0.497 e. The number of piperidine rings is 1. The molecule has 0 atom stereocenters. The molecule has 7 nitrogen and oxygen atoms in total. The molecule has 1 aromatic carbocycles. The average molecular weight is 370 g/mol. The van der Waals surface area contributed by atoms with E-state index in [-0.39, 0.29) is 5.79 Å². The Morgan fingerprint density at radius 2 is 1.81 bits per heavy atom. The van der Waals surface area contributed by atoms with E-state index in [2.05, 4.69) is 15.2 Å². The van der Waals surface area contributed by atoms with Crippen LogP contribution in [0.3, 0.4) is 0 Å². The van der Waals surface area contributed by atoms with E-state index in [0.29, 0.717) is 19.8 Å². The minimum Gasteiger partial charge on any atom is -0.497 e. The fourth-order valence-electron chi connectivity index (χ4n) is 3.55. The van der Waals surface area contributed by atoms with Gasteiger partial charge >= 0.3 is 0 Å². The minimum absolute atomic E-state index is 0.379. The number of anilines is 2. The number of ether oxygens (including phenoxy) is 3. The van der Waals surface area contributed by atoms with Gasteiger partial charge in [-0.05, 0) is 24.6 Å². The van der Waals surface area contributed by atoms with Crippen LogP contribution >= 0.6 is 0 Å². The smallest absolute Gasteiger partial charge is 0.227 e. The molecule has 1 aromatic heterocycles. The second-order valence-electron chi connectivity index (χ2n) is 6.99. The Bertz CT molecular complexity index is 765. The van der Waals surface area contributed by atoms with E-state index < -0.39 is 0 Å². The molecule has 2 aliphatic heterocycles. The molecule has 0 amide bonds. The van der Waals surface area contributed by atoms with Crippen LogP contribution in [0.25, 0.3) is 0 Å². The van der Waals surface area contributed by atoms with Gasteiger partial charge in [-0.1, -0.05) is 12.1 Å². The molecule has 0 aliphatic carbocycles. The summed E-state index contributed by atoms with van der Waals surface area (Å²) in [5.74, 6) is 2.08. The fourth-order valence-corrected chi connectivity index (χ4v) is 3.55. The number of hydrogen-bond acceptors (Lipinski definition) is 7. The van der Waals surface area contributed by atoms with Crippen molar-refractivity contribution < 1.29 is 14.2 Å². The molecule has 0 radical (unpaired) electrons. The van der Waals surface area contributed by atoms with Crippen LogP contribution in [0.4, 0.5) is 11.8 Å². The Balaban J connectivity index is 1.40. The summed E-state index contributed by atoms with van der Waals surface area (Å²) in [6.07, 6.45) is 1.69. The molecule has 1 spiro atoms. The lowest BCUT2D eigenvalue weighted by atomic mass is 10.0. The van der Waals surface area contributed by atoms with E-state index in [0.717, 1.165) is 49.1 Å². The van der Waals surface area contributed by atoms with Crippen molar-refractivity contribution in [1.82, 2.24) is 9.97 Å². The van der Waals surface area contributed by atoms with Crippen molar-refractivity contribution >= 4 is 11.8 Å². The first kappa shape index (κ1) is 18.0. The number of nitrogens with zero attached hydrogens (tertiary/aromatic N) is 3. The van der Waals surface area contributed by atoms with E-state index in [4.69, 9.17) is 19.2 Å². The molecule has 0 unspecified atom stereocenters. The quantitative estimate of drug-likeness (QED) is 0.868. The van der Waals surface area contributed by atoms with Crippen molar-refractivity contribution in [2.75, 3.05) is 43.6 Å². The molecule has 2 aromatic rings. The summed E-state index contributed by atoms with van der Waals surface area (Å²) >= 11 is 0. The first-order valence-corrected chi connectivity index (χ1v) is 9.41. The highest BCUT2D eigenvalue weighted by atomic mass is 16.7. The molecule has 2 saturated heterocycles. The van der Waals surface area contributed by atoms with Crippen molar-refractivity contribution in [2.24, 2.45) is 0 Å². The maximum absolute atomic E-state index is 5.81. The van der Waals surface area contributed by atoms with E-state index in [9.17, 15) is 0 Å². The first-order chi connectivity index (χ1) is 13.2. The van der Waals surface area contributed by atoms with Gasteiger partial charge in [0.15, 0.2) is 5.79 Å². The van der Waals surface area contributed by atoms with Gasteiger partial charge in [-0.2, -0.15) is 4.98 Å². The highest BCUT2D eigenvalue weighted by Crippen LogP contribution is 2.32. The lowest BCUT2D eigenvalue weighted by molar-refractivity contribution is -0.169. The normalized spacial score (nSPS) is 18.7. The summed E-state index contributed by atoms with van der Waals surface area (Å²) in [7, 11) is 1.67. The summed E-state index contributed by atoms with van der Waals surface area (Å²) in [5.41, 5.74) is 2.12. The third-order valence-corrected chi connectivity index (χ3v) is 5.10. The van der Waals surface area contributed by atoms with Crippen LogP contribution in [0, 0.1) is 6.92 Å². The molecule has 4 rings (SSSR count). The Labute approximate surface area is 159 Å². The Morgan fingerprint density at radius 3 is 2.48 bits per heavy atom. The predicted octanol–water partition coefficient (Wildman–Crippen LogP) is 2.75. The second-order valence-corrected chi connectivity index (χ2v) is 6.99. The highest BCUT2D eigenvalue weighted by Gasteiger charge is 2.40. The molecule has 3 heterocycles. The third-order valence-electron chi connectivity index (χ3n) is 5.10. The zero-order chi connectivity index (χ0) is 18.7. The number of aryl methyl sites for hydroxylation is 1. The molecule has 144 valence electrons. The van der Waals surface area contributed by atoms with Crippen LogP contribution in [0.2, 0.25) is 0 Å². The zero-order valence-corrected chi connectivity index (χ0v) is 15.9. The monoisotopic (exact) mass is 370 g/mol. The van der Waals surface area contributed by atoms with Gasteiger partial charge in [0, 0.05) is 44.2 Å². The van der Waals surface area contributed by atoms with Crippen molar-refractivity contribution in [3.8, 4) is 5.75 Å². The third kappa shape index (κ3) is 4.14.